The number of rotatable bonds is 7. The van der Waals surface area contributed by atoms with Crippen molar-refractivity contribution in [2.45, 2.75) is 31.8 Å². The van der Waals surface area contributed by atoms with Crippen LogP contribution in [0.4, 0.5) is 23.1 Å². The fourth-order valence-corrected chi connectivity index (χ4v) is 3.15. The van der Waals surface area contributed by atoms with Crippen LogP contribution in [-0.2, 0) is 0 Å². The molecule has 2 fully saturated rings. The van der Waals surface area contributed by atoms with Crippen molar-refractivity contribution in [1.82, 2.24) is 20.3 Å². The molecule has 1 unspecified atom stereocenters. The van der Waals surface area contributed by atoms with Crippen LogP contribution in [0, 0.1) is 0 Å². The maximum Gasteiger partial charge on any atom is 0.150 e. The number of aliphatic hydroxyl groups is 1. The number of aliphatic hydroxyl groups excluding tert-OH is 1. The fraction of sp³-hybridized carbons (Fsp3) is 0.526. The topological polar surface area (TPSA) is 98.2 Å². The third-order valence-electron chi connectivity index (χ3n) is 4.79. The van der Waals surface area contributed by atoms with E-state index in [1.165, 1.54) is 12.8 Å². The molecule has 8 nitrogen and oxygen atoms in total. The predicted molar refractivity (Wildman–Crippen MR) is 107 cm³/mol. The van der Waals surface area contributed by atoms with Crippen LogP contribution >= 0.6 is 0 Å². The minimum atomic E-state index is -0.438. The highest BCUT2D eigenvalue weighted by Crippen LogP contribution is 2.38. The van der Waals surface area contributed by atoms with Gasteiger partial charge in [0.15, 0.2) is 0 Å². The van der Waals surface area contributed by atoms with Gasteiger partial charge in [0.05, 0.1) is 24.2 Å². The number of hydrogen-bond acceptors (Lipinski definition) is 8. The Hall–Kier alpha value is -2.45. The highest BCUT2D eigenvalue weighted by molar-refractivity contribution is 5.65. The zero-order chi connectivity index (χ0) is 18.6. The maximum absolute atomic E-state index is 9.57. The lowest BCUT2D eigenvalue weighted by molar-refractivity contribution is 0.208. The Labute approximate surface area is 159 Å². The number of anilines is 4. The van der Waals surface area contributed by atoms with Gasteiger partial charge in [-0.2, -0.15) is 0 Å². The van der Waals surface area contributed by atoms with E-state index in [0.29, 0.717) is 24.1 Å². The number of piperazine rings is 1. The molecule has 0 spiro atoms. The van der Waals surface area contributed by atoms with E-state index in [4.69, 9.17) is 0 Å². The van der Waals surface area contributed by atoms with Gasteiger partial charge in [0.25, 0.3) is 0 Å². The van der Waals surface area contributed by atoms with E-state index >= 15 is 0 Å². The Bertz CT molecular complexity index is 755. The van der Waals surface area contributed by atoms with E-state index in [0.717, 1.165) is 43.4 Å². The number of nitrogens with zero attached hydrogens (tertiary/aromatic N) is 4. The van der Waals surface area contributed by atoms with Gasteiger partial charge < -0.3 is 26.0 Å². The Morgan fingerprint density at radius 3 is 2.59 bits per heavy atom. The van der Waals surface area contributed by atoms with E-state index in [-0.39, 0.29) is 0 Å². The molecule has 1 aliphatic heterocycles. The summed E-state index contributed by atoms with van der Waals surface area (Å²) in [7, 11) is 0. The largest absolute Gasteiger partial charge is 0.392 e. The first-order valence-electron chi connectivity index (χ1n) is 9.66. The number of nitrogens with one attached hydrogen (secondary N) is 3. The summed E-state index contributed by atoms with van der Waals surface area (Å²) in [5.41, 5.74) is 2.17. The molecule has 4 N–H and O–H groups in total. The van der Waals surface area contributed by atoms with Crippen LogP contribution < -0.4 is 20.9 Å². The summed E-state index contributed by atoms with van der Waals surface area (Å²) in [6.45, 7) is 6.05. The minimum Gasteiger partial charge on any atom is -0.392 e. The van der Waals surface area contributed by atoms with Crippen molar-refractivity contribution in [3.05, 3.63) is 30.2 Å². The smallest absolute Gasteiger partial charge is 0.150 e. The molecule has 144 valence electrons. The summed E-state index contributed by atoms with van der Waals surface area (Å²) < 4.78 is 0. The van der Waals surface area contributed by atoms with E-state index in [1.807, 2.05) is 18.3 Å². The molecule has 0 radical (unpaired) electrons. The molecular formula is C19H27N7O. The quantitative estimate of drug-likeness (QED) is 0.585. The van der Waals surface area contributed by atoms with Crippen LogP contribution in [0.15, 0.2) is 24.5 Å². The van der Waals surface area contributed by atoms with Crippen molar-refractivity contribution in [1.29, 1.82) is 0 Å². The minimum absolute atomic E-state index is 0.438. The Balaban J connectivity index is 1.54. The van der Waals surface area contributed by atoms with Crippen molar-refractivity contribution < 1.29 is 5.11 Å². The van der Waals surface area contributed by atoms with Crippen molar-refractivity contribution >= 4 is 23.1 Å². The summed E-state index contributed by atoms with van der Waals surface area (Å²) in [4.78, 5) is 15.9. The van der Waals surface area contributed by atoms with E-state index in [1.54, 1.807) is 13.1 Å². The Morgan fingerprint density at radius 2 is 1.93 bits per heavy atom. The zero-order valence-electron chi connectivity index (χ0n) is 15.6. The van der Waals surface area contributed by atoms with Gasteiger partial charge in [-0.25, -0.2) is 9.97 Å². The second-order valence-electron chi connectivity index (χ2n) is 7.29. The SMILES string of the molecule is CC(O)CNc1cc(N2CCNCC2)cc(Nc2cnc(C3CC3)cn2)n1. The molecule has 0 amide bonds. The average Bonchev–Trinajstić information content (AvgIpc) is 3.53. The lowest BCUT2D eigenvalue weighted by Gasteiger charge is -2.30. The molecule has 2 aromatic rings. The second-order valence-corrected chi connectivity index (χ2v) is 7.29. The second kappa shape index (κ2) is 8.06. The standard InChI is InChI=1S/C19H27N7O/c1-13(27)10-22-17-8-15(26-6-4-20-5-7-26)9-18(24-17)25-19-12-21-16(11-23-19)14-2-3-14/h8-9,11-14,20,27H,2-7,10H2,1H3,(H2,22,23,24,25). The Morgan fingerprint density at radius 1 is 1.15 bits per heavy atom. The van der Waals surface area contributed by atoms with Crippen LogP contribution in [0.1, 0.15) is 31.4 Å². The average molecular weight is 369 g/mol. The molecule has 1 saturated heterocycles. The molecule has 2 aromatic heterocycles. The molecule has 4 rings (SSSR count). The van der Waals surface area contributed by atoms with Gasteiger partial charge in [-0.1, -0.05) is 0 Å². The van der Waals surface area contributed by atoms with Crippen LogP contribution in [-0.4, -0.2) is 58.9 Å². The molecule has 2 aliphatic rings. The Kier molecular flexibility index (Phi) is 5.35. The molecule has 1 aliphatic carbocycles. The summed E-state index contributed by atoms with van der Waals surface area (Å²) in [5, 5.41) is 19.4. The highest BCUT2D eigenvalue weighted by atomic mass is 16.3. The zero-order valence-corrected chi connectivity index (χ0v) is 15.6. The van der Waals surface area contributed by atoms with Crippen LogP contribution in [0.25, 0.3) is 0 Å². The molecule has 3 heterocycles. The van der Waals surface area contributed by atoms with Crippen LogP contribution in [0.5, 0.6) is 0 Å². The lowest BCUT2D eigenvalue weighted by Crippen LogP contribution is -2.43. The summed E-state index contributed by atoms with van der Waals surface area (Å²) in [6.07, 6.45) is 5.62. The number of aromatic nitrogens is 3. The third kappa shape index (κ3) is 4.84. The van der Waals surface area contributed by atoms with E-state index < -0.39 is 6.10 Å². The molecule has 0 bridgehead atoms. The molecule has 8 heteroatoms. The molecule has 1 saturated carbocycles. The van der Waals surface area contributed by atoms with Gasteiger partial charge >= 0.3 is 0 Å². The van der Waals surface area contributed by atoms with Crippen molar-refractivity contribution in [3.63, 3.8) is 0 Å². The van der Waals surface area contributed by atoms with Gasteiger partial charge in [0.1, 0.15) is 17.5 Å². The lowest BCUT2D eigenvalue weighted by atomic mass is 10.2. The summed E-state index contributed by atoms with van der Waals surface area (Å²) in [6, 6.07) is 4.07. The van der Waals surface area contributed by atoms with Crippen LogP contribution in [0.2, 0.25) is 0 Å². The van der Waals surface area contributed by atoms with Crippen LogP contribution in [0.3, 0.4) is 0 Å². The van der Waals surface area contributed by atoms with Crippen molar-refractivity contribution in [3.8, 4) is 0 Å². The molecule has 0 aromatic carbocycles. The first-order chi connectivity index (χ1) is 13.2. The third-order valence-corrected chi connectivity index (χ3v) is 4.79. The van der Waals surface area contributed by atoms with E-state index in [9.17, 15) is 5.11 Å². The van der Waals surface area contributed by atoms with Gasteiger partial charge in [-0.15, -0.1) is 0 Å². The first kappa shape index (κ1) is 17.9. The number of pyridine rings is 1. The monoisotopic (exact) mass is 369 g/mol. The molecular weight excluding hydrogens is 342 g/mol. The summed E-state index contributed by atoms with van der Waals surface area (Å²) in [5.74, 6) is 2.73. The summed E-state index contributed by atoms with van der Waals surface area (Å²) >= 11 is 0. The van der Waals surface area contributed by atoms with E-state index in [2.05, 4.69) is 35.8 Å². The predicted octanol–water partition coefficient (Wildman–Crippen LogP) is 1.69. The normalized spacial score (nSPS) is 18.2. The van der Waals surface area contributed by atoms with Gasteiger partial charge in [0.2, 0.25) is 0 Å². The molecule has 27 heavy (non-hydrogen) atoms. The first-order valence-corrected chi connectivity index (χ1v) is 9.66. The maximum atomic E-state index is 9.57. The number of hydrogen-bond donors (Lipinski definition) is 4. The van der Waals surface area contributed by atoms with Crippen molar-refractivity contribution in [2.24, 2.45) is 0 Å². The molecule has 1 atom stereocenters. The van der Waals surface area contributed by atoms with Crippen molar-refractivity contribution in [2.75, 3.05) is 48.3 Å². The van der Waals surface area contributed by atoms with Gasteiger partial charge in [-0.3, -0.25) is 4.98 Å². The highest BCUT2D eigenvalue weighted by Gasteiger charge is 2.25. The fourth-order valence-electron chi connectivity index (χ4n) is 3.15. The van der Waals surface area contributed by atoms with Gasteiger partial charge in [0, 0.05) is 56.5 Å². The van der Waals surface area contributed by atoms with Gasteiger partial charge in [-0.05, 0) is 19.8 Å².